The van der Waals surface area contributed by atoms with E-state index in [1.807, 2.05) is 17.5 Å². The molecule has 1 unspecified atom stereocenters. The summed E-state index contributed by atoms with van der Waals surface area (Å²) >= 11 is 3.08. The normalized spacial score (nSPS) is 12.7. The summed E-state index contributed by atoms with van der Waals surface area (Å²) in [4.78, 5) is 35.0. The molecule has 0 amide bonds. The van der Waals surface area contributed by atoms with Crippen LogP contribution in [0, 0.1) is 0 Å². The van der Waals surface area contributed by atoms with Gasteiger partial charge in [0, 0.05) is 19.3 Å². The first-order chi connectivity index (χ1) is 11.4. The Morgan fingerprint density at radius 2 is 2.00 bits per heavy atom. The van der Waals surface area contributed by atoms with Crippen LogP contribution in [-0.2, 0) is 14.1 Å². The van der Waals surface area contributed by atoms with E-state index >= 15 is 0 Å². The SMILES string of the molecule is CCC(C)Sc1nc(-c2cccs2)nc2c1c(=O)n(C)c(=O)n2C. The third-order valence-electron chi connectivity index (χ3n) is 3.90. The first-order valence-electron chi connectivity index (χ1n) is 7.62. The highest BCUT2D eigenvalue weighted by Gasteiger charge is 2.19. The molecular weight excluding hydrogens is 344 g/mol. The molecule has 0 radical (unpaired) electrons. The summed E-state index contributed by atoms with van der Waals surface area (Å²) < 4.78 is 2.52. The van der Waals surface area contributed by atoms with E-state index < -0.39 is 0 Å². The molecule has 126 valence electrons. The predicted octanol–water partition coefficient (Wildman–Crippen LogP) is 2.65. The average molecular weight is 362 g/mol. The van der Waals surface area contributed by atoms with Gasteiger partial charge in [-0.05, 0) is 17.9 Å². The molecule has 1 atom stereocenters. The summed E-state index contributed by atoms with van der Waals surface area (Å²) in [7, 11) is 3.11. The maximum atomic E-state index is 12.6. The Hall–Kier alpha value is -1.93. The number of hydrogen-bond donors (Lipinski definition) is 0. The second kappa shape index (κ2) is 6.52. The fourth-order valence-electron chi connectivity index (χ4n) is 2.30. The number of nitrogens with zero attached hydrogens (tertiary/aromatic N) is 4. The summed E-state index contributed by atoms with van der Waals surface area (Å²) in [6.07, 6.45) is 0.955. The van der Waals surface area contributed by atoms with Crippen LogP contribution in [0.4, 0.5) is 0 Å². The predicted molar refractivity (Wildman–Crippen MR) is 98.9 cm³/mol. The van der Waals surface area contributed by atoms with Gasteiger partial charge >= 0.3 is 5.69 Å². The van der Waals surface area contributed by atoms with E-state index in [1.165, 1.54) is 23.0 Å². The van der Waals surface area contributed by atoms with Crippen molar-refractivity contribution in [1.82, 2.24) is 19.1 Å². The molecule has 0 aromatic carbocycles. The topological polar surface area (TPSA) is 69.8 Å². The molecule has 3 aromatic rings. The van der Waals surface area contributed by atoms with Gasteiger partial charge in [-0.15, -0.1) is 23.1 Å². The van der Waals surface area contributed by atoms with Gasteiger partial charge in [-0.2, -0.15) is 0 Å². The van der Waals surface area contributed by atoms with E-state index in [-0.39, 0.29) is 11.2 Å². The summed E-state index contributed by atoms with van der Waals surface area (Å²) in [6, 6.07) is 3.86. The van der Waals surface area contributed by atoms with E-state index in [1.54, 1.807) is 18.8 Å². The Balaban J connectivity index is 2.40. The number of thiophene rings is 1. The fraction of sp³-hybridized carbons (Fsp3) is 0.375. The standard InChI is InChI=1S/C16H18N4O2S2/c1-5-9(2)24-14-11-13(19(3)16(22)20(4)15(11)21)17-12(18-14)10-7-6-8-23-10/h6-9H,5H2,1-4H3. The second-order valence-corrected chi connectivity index (χ2v) is 7.95. The van der Waals surface area contributed by atoms with Gasteiger partial charge in [0.1, 0.15) is 10.4 Å². The fourth-order valence-corrected chi connectivity index (χ4v) is 3.95. The number of rotatable bonds is 4. The van der Waals surface area contributed by atoms with Crippen molar-refractivity contribution in [3.8, 4) is 10.7 Å². The van der Waals surface area contributed by atoms with Crippen LogP contribution >= 0.6 is 23.1 Å². The minimum absolute atomic E-state index is 0.307. The van der Waals surface area contributed by atoms with Crippen molar-refractivity contribution in [1.29, 1.82) is 0 Å². The zero-order valence-corrected chi connectivity index (χ0v) is 15.6. The van der Waals surface area contributed by atoms with Crippen molar-refractivity contribution in [2.24, 2.45) is 14.1 Å². The molecular formula is C16H18N4O2S2. The molecule has 3 rings (SSSR count). The minimum Gasteiger partial charge on any atom is -0.280 e. The maximum absolute atomic E-state index is 12.6. The molecule has 0 bridgehead atoms. The summed E-state index contributed by atoms with van der Waals surface area (Å²) in [5.74, 6) is 0.548. The van der Waals surface area contributed by atoms with E-state index in [2.05, 4.69) is 23.8 Å². The zero-order valence-electron chi connectivity index (χ0n) is 13.9. The van der Waals surface area contributed by atoms with Crippen LogP contribution in [-0.4, -0.2) is 24.4 Å². The van der Waals surface area contributed by atoms with Gasteiger partial charge in [-0.25, -0.2) is 14.8 Å². The lowest BCUT2D eigenvalue weighted by molar-refractivity contribution is 0.703. The van der Waals surface area contributed by atoms with Crippen molar-refractivity contribution in [3.63, 3.8) is 0 Å². The summed E-state index contributed by atoms with van der Waals surface area (Å²) in [5.41, 5.74) is -0.355. The van der Waals surface area contributed by atoms with Gasteiger partial charge in [0.15, 0.2) is 11.5 Å². The lowest BCUT2D eigenvalue weighted by atomic mass is 10.3. The molecule has 24 heavy (non-hydrogen) atoms. The van der Waals surface area contributed by atoms with Crippen LogP contribution in [0.1, 0.15) is 20.3 Å². The molecule has 3 heterocycles. The van der Waals surface area contributed by atoms with Crippen LogP contribution < -0.4 is 11.2 Å². The van der Waals surface area contributed by atoms with Crippen LogP contribution in [0.25, 0.3) is 21.7 Å². The molecule has 0 saturated heterocycles. The Labute approximate surface area is 147 Å². The Kier molecular flexibility index (Phi) is 4.60. The van der Waals surface area contributed by atoms with Crippen molar-refractivity contribution in [3.05, 3.63) is 38.4 Å². The van der Waals surface area contributed by atoms with Gasteiger partial charge < -0.3 is 0 Å². The molecule has 3 aromatic heterocycles. The lowest BCUT2D eigenvalue weighted by Crippen LogP contribution is -2.37. The molecule has 8 heteroatoms. The van der Waals surface area contributed by atoms with Gasteiger partial charge in [0.25, 0.3) is 5.56 Å². The molecule has 0 N–H and O–H groups in total. The highest BCUT2D eigenvalue weighted by molar-refractivity contribution is 8.00. The highest BCUT2D eigenvalue weighted by Crippen LogP contribution is 2.31. The Bertz CT molecular complexity index is 1010. The van der Waals surface area contributed by atoms with Gasteiger partial charge in [-0.3, -0.25) is 13.9 Å². The van der Waals surface area contributed by atoms with E-state index in [0.29, 0.717) is 27.1 Å². The number of aromatic nitrogens is 4. The van der Waals surface area contributed by atoms with E-state index in [4.69, 9.17) is 0 Å². The monoisotopic (exact) mass is 362 g/mol. The van der Waals surface area contributed by atoms with Gasteiger partial charge in [-0.1, -0.05) is 19.9 Å². The molecule has 0 aliphatic carbocycles. The smallest absolute Gasteiger partial charge is 0.280 e. The summed E-state index contributed by atoms with van der Waals surface area (Å²) in [6.45, 7) is 4.19. The maximum Gasteiger partial charge on any atom is 0.332 e. The van der Waals surface area contributed by atoms with E-state index in [0.717, 1.165) is 15.9 Å². The van der Waals surface area contributed by atoms with Crippen LogP contribution in [0.15, 0.2) is 32.1 Å². The highest BCUT2D eigenvalue weighted by atomic mass is 32.2. The van der Waals surface area contributed by atoms with Crippen LogP contribution in [0.3, 0.4) is 0 Å². The molecule has 6 nitrogen and oxygen atoms in total. The Morgan fingerprint density at radius 3 is 2.62 bits per heavy atom. The third-order valence-corrected chi connectivity index (χ3v) is 6.02. The minimum atomic E-state index is -0.386. The van der Waals surface area contributed by atoms with Crippen molar-refractivity contribution < 1.29 is 0 Å². The summed E-state index contributed by atoms with van der Waals surface area (Å²) in [5, 5.41) is 3.30. The van der Waals surface area contributed by atoms with E-state index in [9.17, 15) is 9.59 Å². The zero-order chi connectivity index (χ0) is 17.4. The molecule has 0 aliphatic rings. The average Bonchev–Trinajstić information content (AvgIpc) is 3.11. The Morgan fingerprint density at radius 1 is 1.25 bits per heavy atom. The van der Waals surface area contributed by atoms with Crippen molar-refractivity contribution in [2.75, 3.05) is 0 Å². The van der Waals surface area contributed by atoms with Crippen molar-refractivity contribution in [2.45, 2.75) is 30.5 Å². The second-order valence-electron chi connectivity index (χ2n) is 5.57. The quantitative estimate of drug-likeness (QED) is 0.527. The first kappa shape index (κ1) is 16.9. The number of fused-ring (bicyclic) bond motifs is 1. The van der Waals surface area contributed by atoms with Gasteiger partial charge in [0.2, 0.25) is 0 Å². The number of hydrogen-bond acceptors (Lipinski definition) is 6. The third kappa shape index (κ3) is 2.80. The molecule has 0 aliphatic heterocycles. The molecule has 0 spiro atoms. The largest absolute Gasteiger partial charge is 0.332 e. The first-order valence-corrected chi connectivity index (χ1v) is 9.38. The molecule has 0 fully saturated rings. The lowest BCUT2D eigenvalue weighted by Gasteiger charge is -2.13. The van der Waals surface area contributed by atoms with Crippen LogP contribution in [0.2, 0.25) is 0 Å². The number of thioether (sulfide) groups is 1. The van der Waals surface area contributed by atoms with Gasteiger partial charge in [0.05, 0.1) is 4.88 Å². The van der Waals surface area contributed by atoms with Crippen LogP contribution in [0.5, 0.6) is 0 Å². The molecule has 0 saturated carbocycles. The number of aryl methyl sites for hydroxylation is 1. The van der Waals surface area contributed by atoms with Crippen molar-refractivity contribution >= 4 is 34.1 Å².